The second-order valence-electron chi connectivity index (χ2n) is 6.31. The van der Waals surface area contributed by atoms with Crippen LogP contribution in [0.1, 0.15) is 34.5 Å². The maximum atomic E-state index is 12.6. The molecule has 3 heterocycles. The molecular weight excluding hydrogens is 334 g/mol. The highest BCUT2D eigenvalue weighted by Crippen LogP contribution is 2.29. The van der Waals surface area contributed by atoms with Gasteiger partial charge < -0.3 is 9.42 Å². The van der Waals surface area contributed by atoms with Crippen LogP contribution in [0, 0.1) is 6.92 Å². The van der Waals surface area contributed by atoms with Gasteiger partial charge in [0.2, 0.25) is 5.82 Å². The zero-order chi connectivity index (χ0) is 17.2. The summed E-state index contributed by atoms with van der Waals surface area (Å²) in [5.74, 6) is 1.13. The quantitative estimate of drug-likeness (QED) is 0.700. The molecule has 0 unspecified atom stereocenters. The number of aryl methyl sites for hydroxylation is 1. The Morgan fingerprint density at radius 1 is 1.08 bits per heavy atom. The number of hydrogen-bond acceptors (Lipinski definition) is 5. The van der Waals surface area contributed by atoms with Crippen molar-refractivity contribution in [2.75, 3.05) is 13.1 Å². The summed E-state index contributed by atoms with van der Waals surface area (Å²) in [6.07, 6.45) is 3.40. The van der Waals surface area contributed by atoms with E-state index in [1.807, 2.05) is 48.2 Å². The zero-order valence-corrected chi connectivity index (χ0v) is 14.9. The molecule has 0 bridgehead atoms. The van der Waals surface area contributed by atoms with Crippen LogP contribution >= 0.6 is 11.3 Å². The van der Waals surface area contributed by atoms with Crippen molar-refractivity contribution in [3.05, 3.63) is 46.8 Å². The fourth-order valence-corrected chi connectivity index (χ4v) is 3.86. The Morgan fingerprint density at radius 3 is 2.60 bits per heavy atom. The summed E-state index contributed by atoms with van der Waals surface area (Å²) in [7, 11) is 0. The van der Waals surface area contributed by atoms with E-state index in [-0.39, 0.29) is 5.91 Å². The first-order valence-electron chi connectivity index (χ1n) is 8.51. The van der Waals surface area contributed by atoms with E-state index >= 15 is 0 Å². The topological polar surface area (TPSA) is 59.2 Å². The molecule has 0 saturated carbocycles. The number of amides is 1. The lowest BCUT2D eigenvalue weighted by Gasteiger charge is -2.26. The third kappa shape index (κ3) is 3.35. The highest BCUT2D eigenvalue weighted by Gasteiger charge is 2.21. The van der Waals surface area contributed by atoms with E-state index in [0.29, 0.717) is 11.7 Å². The van der Waals surface area contributed by atoms with Gasteiger partial charge in [-0.3, -0.25) is 4.79 Å². The molecule has 1 amide bonds. The van der Waals surface area contributed by atoms with Crippen LogP contribution in [0.15, 0.2) is 40.9 Å². The van der Waals surface area contributed by atoms with Crippen molar-refractivity contribution >= 4 is 17.2 Å². The Kier molecular flexibility index (Phi) is 4.36. The second kappa shape index (κ2) is 6.80. The molecule has 1 aliphatic heterocycles. The minimum absolute atomic E-state index is 0.109. The van der Waals surface area contributed by atoms with Gasteiger partial charge in [0.15, 0.2) is 0 Å². The number of carbonyl (C=O) groups excluding carboxylic acids is 1. The molecule has 25 heavy (non-hydrogen) atoms. The second-order valence-corrected chi connectivity index (χ2v) is 7.39. The molecule has 4 rings (SSSR count). The number of likely N-dealkylation sites (tertiary alicyclic amines) is 1. The summed E-state index contributed by atoms with van der Waals surface area (Å²) in [6.45, 7) is 3.74. The summed E-state index contributed by atoms with van der Waals surface area (Å²) < 4.78 is 5.38. The van der Waals surface area contributed by atoms with Gasteiger partial charge in [0.1, 0.15) is 0 Å². The lowest BCUT2D eigenvalue weighted by Crippen LogP contribution is -2.35. The summed E-state index contributed by atoms with van der Waals surface area (Å²) in [5.41, 5.74) is 2.08. The average molecular weight is 353 g/mol. The maximum absolute atomic E-state index is 12.6. The van der Waals surface area contributed by atoms with Gasteiger partial charge in [0.05, 0.1) is 9.75 Å². The van der Waals surface area contributed by atoms with Crippen LogP contribution in [-0.2, 0) is 0 Å². The Labute approximate surface area is 150 Å². The van der Waals surface area contributed by atoms with Crippen LogP contribution in [0.4, 0.5) is 0 Å². The average Bonchev–Trinajstić information content (AvgIpc) is 3.32. The van der Waals surface area contributed by atoms with Crippen LogP contribution < -0.4 is 0 Å². The summed E-state index contributed by atoms with van der Waals surface area (Å²) >= 11 is 1.42. The van der Waals surface area contributed by atoms with E-state index in [2.05, 4.69) is 10.1 Å². The Bertz CT molecular complexity index is 876. The molecular formula is C19H19N3O2S. The van der Waals surface area contributed by atoms with Crippen LogP contribution in [0.3, 0.4) is 0 Å². The monoisotopic (exact) mass is 353 g/mol. The van der Waals surface area contributed by atoms with Gasteiger partial charge in [-0.25, -0.2) is 0 Å². The highest BCUT2D eigenvalue weighted by atomic mass is 32.1. The molecule has 1 aromatic carbocycles. The molecule has 1 saturated heterocycles. The summed E-state index contributed by atoms with van der Waals surface area (Å²) in [6, 6.07) is 11.7. The van der Waals surface area contributed by atoms with Gasteiger partial charge in [-0.15, -0.1) is 11.3 Å². The SMILES string of the molecule is Cc1ccc(-c2nc(-c3ccc(C(=O)N4CCCCC4)s3)no2)cc1. The first-order chi connectivity index (χ1) is 12.2. The van der Waals surface area contributed by atoms with E-state index in [1.165, 1.54) is 23.3 Å². The number of nitrogens with zero attached hydrogens (tertiary/aromatic N) is 3. The maximum Gasteiger partial charge on any atom is 0.263 e. The Morgan fingerprint density at radius 2 is 1.84 bits per heavy atom. The minimum Gasteiger partial charge on any atom is -0.338 e. The summed E-state index contributed by atoms with van der Waals surface area (Å²) in [4.78, 5) is 20.6. The molecule has 3 aromatic rings. The van der Waals surface area contributed by atoms with Crippen molar-refractivity contribution in [2.45, 2.75) is 26.2 Å². The lowest BCUT2D eigenvalue weighted by molar-refractivity contribution is 0.0729. The lowest BCUT2D eigenvalue weighted by atomic mass is 10.1. The molecule has 0 spiro atoms. The van der Waals surface area contributed by atoms with E-state index in [4.69, 9.17) is 4.52 Å². The first-order valence-corrected chi connectivity index (χ1v) is 9.32. The van der Waals surface area contributed by atoms with Crippen LogP contribution in [0.25, 0.3) is 22.2 Å². The number of benzene rings is 1. The van der Waals surface area contributed by atoms with E-state index in [1.54, 1.807) is 0 Å². The van der Waals surface area contributed by atoms with Gasteiger partial charge >= 0.3 is 0 Å². The molecule has 0 aliphatic carbocycles. The standard InChI is InChI=1S/C19H19N3O2S/c1-13-5-7-14(8-6-13)18-20-17(21-24-18)15-9-10-16(25-15)19(23)22-11-3-2-4-12-22/h5-10H,2-4,11-12H2,1H3. The van der Waals surface area contributed by atoms with Crippen molar-refractivity contribution < 1.29 is 9.32 Å². The van der Waals surface area contributed by atoms with Gasteiger partial charge in [0.25, 0.3) is 11.8 Å². The third-order valence-electron chi connectivity index (χ3n) is 4.40. The smallest absolute Gasteiger partial charge is 0.263 e. The number of carbonyl (C=O) groups is 1. The van der Waals surface area contributed by atoms with Crippen molar-refractivity contribution in [1.82, 2.24) is 15.0 Å². The van der Waals surface area contributed by atoms with E-state index in [9.17, 15) is 4.79 Å². The van der Waals surface area contributed by atoms with Crippen LogP contribution in [-0.4, -0.2) is 34.0 Å². The van der Waals surface area contributed by atoms with E-state index in [0.717, 1.165) is 41.2 Å². The van der Waals surface area contributed by atoms with Crippen molar-refractivity contribution in [3.63, 3.8) is 0 Å². The van der Waals surface area contributed by atoms with Gasteiger partial charge in [-0.2, -0.15) is 4.98 Å². The largest absolute Gasteiger partial charge is 0.338 e. The number of hydrogen-bond donors (Lipinski definition) is 0. The van der Waals surface area contributed by atoms with E-state index < -0.39 is 0 Å². The molecule has 128 valence electrons. The number of thiophene rings is 1. The molecule has 0 N–H and O–H groups in total. The normalized spacial score (nSPS) is 14.7. The number of aromatic nitrogens is 2. The predicted octanol–water partition coefficient (Wildman–Crippen LogP) is 4.40. The number of rotatable bonds is 3. The predicted molar refractivity (Wildman–Crippen MR) is 97.5 cm³/mol. The Hall–Kier alpha value is -2.47. The molecule has 1 fully saturated rings. The highest BCUT2D eigenvalue weighted by molar-refractivity contribution is 7.17. The van der Waals surface area contributed by atoms with Crippen molar-refractivity contribution in [2.24, 2.45) is 0 Å². The summed E-state index contributed by atoms with van der Waals surface area (Å²) in [5, 5.41) is 4.07. The fourth-order valence-electron chi connectivity index (χ4n) is 2.96. The molecule has 5 nitrogen and oxygen atoms in total. The van der Waals surface area contributed by atoms with Crippen molar-refractivity contribution in [3.8, 4) is 22.2 Å². The fraction of sp³-hybridized carbons (Fsp3) is 0.316. The Balaban J connectivity index is 1.54. The van der Waals surface area contributed by atoms with Gasteiger partial charge in [-0.05, 0) is 50.5 Å². The van der Waals surface area contributed by atoms with Gasteiger partial charge in [-0.1, -0.05) is 22.9 Å². The molecule has 1 aliphatic rings. The molecule has 6 heteroatoms. The van der Waals surface area contributed by atoms with Gasteiger partial charge in [0, 0.05) is 18.7 Å². The third-order valence-corrected chi connectivity index (χ3v) is 5.47. The zero-order valence-electron chi connectivity index (χ0n) is 14.1. The minimum atomic E-state index is 0.109. The van der Waals surface area contributed by atoms with Crippen LogP contribution in [0.5, 0.6) is 0 Å². The van der Waals surface area contributed by atoms with Crippen molar-refractivity contribution in [1.29, 1.82) is 0 Å². The molecule has 0 atom stereocenters. The molecule has 2 aromatic heterocycles. The number of piperidine rings is 1. The molecule has 0 radical (unpaired) electrons. The first kappa shape index (κ1) is 16.0. The van der Waals surface area contributed by atoms with Crippen LogP contribution in [0.2, 0.25) is 0 Å².